The average Bonchev–Trinajstić information content (AvgIpc) is 2.75. The molecule has 0 heterocycles. The van der Waals surface area contributed by atoms with E-state index in [2.05, 4.69) is 10.6 Å². The maximum Gasteiger partial charge on any atom is 0.325 e. The number of benzene rings is 2. The van der Waals surface area contributed by atoms with Gasteiger partial charge in [-0.3, -0.25) is 14.4 Å². The number of nitrogens with one attached hydrogen (secondary N) is 2. The molecule has 2 aromatic rings. The Bertz CT molecular complexity index is 874. The van der Waals surface area contributed by atoms with Crippen LogP contribution in [0.15, 0.2) is 42.5 Å². The molecule has 0 saturated heterocycles. The van der Waals surface area contributed by atoms with Crippen molar-refractivity contribution in [2.75, 3.05) is 51.7 Å². The first-order valence-corrected chi connectivity index (χ1v) is 9.06. The Hall–Kier alpha value is -3.75. The minimum Gasteiger partial charge on any atom is -0.497 e. The van der Waals surface area contributed by atoms with E-state index in [1.165, 1.54) is 26.4 Å². The molecule has 0 radical (unpaired) electrons. The van der Waals surface area contributed by atoms with Gasteiger partial charge in [0.1, 0.15) is 18.0 Å². The van der Waals surface area contributed by atoms with Gasteiger partial charge >= 0.3 is 5.97 Å². The number of ether oxygens (including phenoxy) is 3. The van der Waals surface area contributed by atoms with Crippen LogP contribution in [0.3, 0.4) is 0 Å². The van der Waals surface area contributed by atoms with Crippen molar-refractivity contribution in [1.29, 1.82) is 0 Å². The lowest BCUT2D eigenvalue weighted by molar-refractivity contribution is -0.146. The molecule has 2 rings (SSSR count). The Kier molecular flexibility index (Phi) is 8.04. The van der Waals surface area contributed by atoms with E-state index in [-0.39, 0.29) is 12.1 Å². The third-order valence-corrected chi connectivity index (χ3v) is 4.04. The predicted molar refractivity (Wildman–Crippen MR) is 112 cm³/mol. The van der Waals surface area contributed by atoms with Crippen LogP contribution >= 0.6 is 0 Å². The fourth-order valence-electron chi connectivity index (χ4n) is 2.43. The molecule has 0 aliphatic carbocycles. The number of rotatable bonds is 9. The Morgan fingerprint density at radius 2 is 1.53 bits per heavy atom. The molecule has 2 N–H and O–H groups in total. The van der Waals surface area contributed by atoms with E-state index in [1.807, 2.05) is 31.1 Å². The number of hydrogen-bond donors (Lipinski definition) is 2. The van der Waals surface area contributed by atoms with Crippen molar-refractivity contribution < 1.29 is 28.6 Å². The highest BCUT2D eigenvalue weighted by molar-refractivity contribution is 5.97. The van der Waals surface area contributed by atoms with Crippen molar-refractivity contribution in [1.82, 2.24) is 5.32 Å². The molecule has 9 nitrogen and oxygen atoms in total. The molecule has 0 atom stereocenters. The monoisotopic (exact) mass is 415 g/mol. The summed E-state index contributed by atoms with van der Waals surface area (Å²) < 4.78 is 15.1. The summed E-state index contributed by atoms with van der Waals surface area (Å²) in [5, 5.41) is 5.06. The first-order valence-electron chi connectivity index (χ1n) is 9.06. The third kappa shape index (κ3) is 6.69. The maximum absolute atomic E-state index is 12.2. The summed E-state index contributed by atoms with van der Waals surface area (Å²) in [6.45, 7) is -0.847. The molecule has 2 amide bonds. The molecule has 0 aliphatic heterocycles. The van der Waals surface area contributed by atoms with Crippen molar-refractivity contribution >= 4 is 29.2 Å². The second-order valence-electron chi connectivity index (χ2n) is 6.43. The lowest BCUT2D eigenvalue weighted by Crippen LogP contribution is -2.32. The quantitative estimate of drug-likeness (QED) is 0.600. The topological polar surface area (TPSA) is 106 Å². The predicted octanol–water partition coefficient (Wildman–Crippen LogP) is 1.68. The SMILES string of the molecule is COc1cc(OC)cc(C(=O)NCC(=O)OCC(=O)Nc2ccc(N(C)C)cc2)c1. The summed E-state index contributed by atoms with van der Waals surface area (Å²) in [7, 11) is 6.76. The van der Waals surface area contributed by atoms with Gasteiger partial charge < -0.3 is 29.7 Å². The van der Waals surface area contributed by atoms with Crippen molar-refractivity contribution in [3.05, 3.63) is 48.0 Å². The molecule has 0 aromatic heterocycles. The van der Waals surface area contributed by atoms with Crippen LogP contribution in [0.25, 0.3) is 0 Å². The number of amides is 2. The van der Waals surface area contributed by atoms with Crippen LogP contribution in [-0.4, -0.2) is 59.3 Å². The van der Waals surface area contributed by atoms with Gasteiger partial charge in [0.25, 0.3) is 11.8 Å². The van der Waals surface area contributed by atoms with Gasteiger partial charge in [-0.15, -0.1) is 0 Å². The minimum atomic E-state index is -0.740. The lowest BCUT2D eigenvalue weighted by atomic mass is 10.2. The number of methoxy groups -OCH3 is 2. The number of carbonyl (C=O) groups excluding carboxylic acids is 3. The zero-order valence-corrected chi connectivity index (χ0v) is 17.4. The van der Waals surface area contributed by atoms with Crippen molar-refractivity contribution in [2.45, 2.75) is 0 Å². The third-order valence-electron chi connectivity index (χ3n) is 4.04. The van der Waals surface area contributed by atoms with Gasteiger partial charge in [0, 0.05) is 37.1 Å². The van der Waals surface area contributed by atoms with Crippen molar-refractivity contribution in [3.63, 3.8) is 0 Å². The smallest absolute Gasteiger partial charge is 0.325 e. The minimum absolute atomic E-state index is 0.262. The maximum atomic E-state index is 12.2. The summed E-state index contributed by atoms with van der Waals surface area (Å²) >= 11 is 0. The molecular weight excluding hydrogens is 390 g/mol. The van der Waals surface area contributed by atoms with Gasteiger partial charge in [-0.1, -0.05) is 0 Å². The number of nitrogens with zero attached hydrogens (tertiary/aromatic N) is 1. The van der Waals surface area contributed by atoms with Gasteiger partial charge in [-0.2, -0.15) is 0 Å². The highest BCUT2D eigenvalue weighted by Gasteiger charge is 2.13. The van der Waals surface area contributed by atoms with E-state index < -0.39 is 24.4 Å². The average molecular weight is 415 g/mol. The molecular formula is C21H25N3O6. The summed E-state index contributed by atoms with van der Waals surface area (Å²) in [5.41, 5.74) is 1.84. The van der Waals surface area contributed by atoms with Crippen LogP contribution in [0.5, 0.6) is 11.5 Å². The van der Waals surface area contributed by atoms with Gasteiger partial charge in [-0.05, 0) is 36.4 Å². The second-order valence-corrected chi connectivity index (χ2v) is 6.43. The van der Waals surface area contributed by atoms with Crippen LogP contribution < -0.4 is 25.0 Å². The highest BCUT2D eigenvalue weighted by atomic mass is 16.5. The Labute approximate surface area is 174 Å². The Balaban J connectivity index is 1.79. The molecule has 30 heavy (non-hydrogen) atoms. The molecule has 9 heteroatoms. The van der Waals surface area contributed by atoms with E-state index in [0.29, 0.717) is 17.2 Å². The van der Waals surface area contributed by atoms with Crippen molar-refractivity contribution in [3.8, 4) is 11.5 Å². The fourth-order valence-corrected chi connectivity index (χ4v) is 2.43. The fraction of sp³-hybridized carbons (Fsp3) is 0.286. The van der Waals surface area contributed by atoms with Crippen LogP contribution in [0.2, 0.25) is 0 Å². The van der Waals surface area contributed by atoms with E-state index in [9.17, 15) is 14.4 Å². The summed E-state index contributed by atoms with van der Waals surface area (Å²) in [6, 6.07) is 11.8. The first kappa shape index (κ1) is 22.5. The zero-order chi connectivity index (χ0) is 22.1. The molecule has 160 valence electrons. The molecule has 0 saturated carbocycles. The second kappa shape index (κ2) is 10.7. The van der Waals surface area contributed by atoms with Crippen LogP contribution in [0.4, 0.5) is 11.4 Å². The van der Waals surface area contributed by atoms with Crippen LogP contribution in [-0.2, 0) is 14.3 Å². The molecule has 0 fully saturated rings. The summed E-state index contributed by atoms with van der Waals surface area (Å²) in [4.78, 5) is 37.9. The molecule has 0 unspecified atom stereocenters. The largest absolute Gasteiger partial charge is 0.497 e. The molecule has 0 aliphatic rings. The van der Waals surface area contributed by atoms with Gasteiger partial charge in [0.05, 0.1) is 14.2 Å². The summed E-state index contributed by atoms with van der Waals surface area (Å²) in [6.07, 6.45) is 0. The molecule has 2 aromatic carbocycles. The van der Waals surface area contributed by atoms with E-state index >= 15 is 0 Å². The number of carbonyl (C=O) groups is 3. The van der Waals surface area contributed by atoms with E-state index in [4.69, 9.17) is 14.2 Å². The standard InChI is InChI=1S/C21H25N3O6/c1-24(2)16-7-5-15(6-8-16)23-19(25)13-30-20(26)12-22-21(27)14-9-17(28-3)11-18(10-14)29-4/h5-11H,12-13H2,1-4H3,(H,22,27)(H,23,25). The van der Waals surface area contributed by atoms with E-state index in [1.54, 1.807) is 18.2 Å². The van der Waals surface area contributed by atoms with Gasteiger partial charge in [0.15, 0.2) is 6.61 Å². The van der Waals surface area contributed by atoms with E-state index in [0.717, 1.165) is 5.69 Å². The number of hydrogen-bond acceptors (Lipinski definition) is 7. The normalized spacial score (nSPS) is 10.0. The Morgan fingerprint density at radius 1 is 0.933 bits per heavy atom. The zero-order valence-electron chi connectivity index (χ0n) is 17.4. The van der Waals surface area contributed by atoms with Gasteiger partial charge in [-0.25, -0.2) is 0 Å². The Morgan fingerprint density at radius 3 is 2.07 bits per heavy atom. The van der Waals surface area contributed by atoms with Crippen molar-refractivity contribution in [2.24, 2.45) is 0 Å². The van der Waals surface area contributed by atoms with Crippen LogP contribution in [0.1, 0.15) is 10.4 Å². The number of anilines is 2. The lowest BCUT2D eigenvalue weighted by Gasteiger charge is -2.13. The first-order chi connectivity index (χ1) is 14.3. The van der Waals surface area contributed by atoms with Crippen LogP contribution in [0, 0.1) is 0 Å². The molecule has 0 bridgehead atoms. The van der Waals surface area contributed by atoms with Gasteiger partial charge in [0.2, 0.25) is 0 Å². The number of esters is 1. The summed E-state index contributed by atoms with van der Waals surface area (Å²) in [5.74, 6) is -0.842. The molecule has 0 spiro atoms. The highest BCUT2D eigenvalue weighted by Crippen LogP contribution is 2.22.